The van der Waals surface area contributed by atoms with Crippen LogP contribution in [0.2, 0.25) is 0 Å². The average molecular weight is 447 g/mol. The van der Waals surface area contributed by atoms with E-state index in [2.05, 4.69) is 28.9 Å². The summed E-state index contributed by atoms with van der Waals surface area (Å²) in [5, 5.41) is 8.80. The summed E-state index contributed by atoms with van der Waals surface area (Å²) in [4.78, 5) is 16.7. The van der Waals surface area contributed by atoms with Gasteiger partial charge in [0.1, 0.15) is 11.5 Å². The average Bonchev–Trinajstić information content (AvgIpc) is 2.87. The van der Waals surface area contributed by atoms with Crippen molar-refractivity contribution < 1.29 is 14.3 Å². The Morgan fingerprint density at radius 2 is 1.76 bits per heavy atom. The molecule has 1 saturated heterocycles. The van der Waals surface area contributed by atoms with Crippen LogP contribution in [-0.4, -0.2) is 60.9 Å². The summed E-state index contributed by atoms with van der Waals surface area (Å²) in [5.41, 5.74) is 2.87. The minimum Gasteiger partial charge on any atom is -0.497 e. The van der Waals surface area contributed by atoms with Crippen LogP contribution in [0.3, 0.4) is 0 Å². The normalized spacial score (nSPS) is 13.8. The van der Waals surface area contributed by atoms with Crippen molar-refractivity contribution in [3.05, 3.63) is 66.2 Å². The standard InChI is InChI=1S/C26H30N4O3/c1-19(2)22-9-4-5-10-24(22)33-18-26(31)30-15-13-29(14-16-30)25-12-11-23(27-28-25)20-7-6-8-21(17-20)32-3/h4-12,17,19H,13-16,18H2,1-3H3. The molecule has 0 bridgehead atoms. The number of amides is 1. The van der Waals surface area contributed by atoms with Crippen molar-refractivity contribution in [2.45, 2.75) is 19.8 Å². The highest BCUT2D eigenvalue weighted by molar-refractivity contribution is 5.78. The van der Waals surface area contributed by atoms with E-state index < -0.39 is 0 Å². The number of aromatic nitrogens is 2. The first-order chi connectivity index (χ1) is 16.0. The Labute approximate surface area is 195 Å². The molecular formula is C26H30N4O3. The third-order valence-corrected chi connectivity index (χ3v) is 5.86. The molecule has 0 atom stereocenters. The van der Waals surface area contributed by atoms with Gasteiger partial charge in [-0.05, 0) is 41.8 Å². The number of carbonyl (C=O) groups is 1. The van der Waals surface area contributed by atoms with Crippen LogP contribution in [0.15, 0.2) is 60.7 Å². The van der Waals surface area contributed by atoms with Gasteiger partial charge in [-0.1, -0.05) is 44.2 Å². The molecule has 2 aromatic carbocycles. The topological polar surface area (TPSA) is 67.8 Å². The summed E-state index contributed by atoms with van der Waals surface area (Å²) in [7, 11) is 1.65. The third-order valence-electron chi connectivity index (χ3n) is 5.86. The number of benzene rings is 2. The summed E-state index contributed by atoms with van der Waals surface area (Å²) in [5.74, 6) is 2.74. The van der Waals surface area contributed by atoms with Crippen LogP contribution in [0.4, 0.5) is 5.82 Å². The number of ether oxygens (including phenoxy) is 2. The van der Waals surface area contributed by atoms with Crippen molar-refractivity contribution >= 4 is 11.7 Å². The number of methoxy groups -OCH3 is 1. The molecule has 1 fully saturated rings. The highest BCUT2D eigenvalue weighted by atomic mass is 16.5. The van der Waals surface area contributed by atoms with E-state index in [1.807, 2.05) is 65.6 Å². The molecule has 1 aliphatic rings. The van der Waals surface area contributed by atoms with E-state index in [4.69, 9.17) is 9.47 Å². The van der Waals surface area contributed by atoms with Crippen LogP contribution in [0, 0.1) is 0 Å². The predicted octanol–water partition coefficient (Wildman–Crippen LogP) is 4.00. The number of carbonyl (C=O) groups excluding carboxylic acids is 1. The molecule has 0 spiro atoms. The van der Waals surface area contributed by atoms with E-state index in [9.17, 15) is 4.79 Å². The Hall–Kier alpha value is -3.61. The Balaban J connectivity index is 1.31. The molecule has 1 aliphatic heterocycles. The van der Waals surface area contributed by atoms with Gasteiger partial charge in [-0.15, -0.1) is 10.2 Å². The predicted molar refractivity (Wildman–Crippen MR) is 129 cm³/mol. The van der Waals surface area contributed by atoms with E-state index in [-0.39, 0.29) is 12.5 Å². The lowest BCUT2D eigenvalue weighted by Crippen LogP contribution is -2.50. The lowest BCUT2D eigenvalue weighted by molar-refractivity contribution is -0.133. The van der Waals surface area contributed by atoms with E-state index >= 15 is 0 Å². The van der Waals surface area contributed by atoms with E-state index in [1.54, 1.807) is 7.11 Å². The Morgan fingerprint density at radius 1 is 0.970 bits per heavy atom. The van der Waals surface area contributed by atoms with Crippen LogP contribution >= 0.6 is 0 Å². The highest BCUT2D eigenvalue weighted by Gasteiger charge is 2.23. The molecular weight excluding hydrogens is 416 g/mol. The molecule has 0 N–H and O–H groups in total. The molecule has 33 heavy (non-hydrogen) atoms. The molecule has 1 amide bonds. The van der Waals surface area contributed by atoms with Gasteiger partial charge >= 0.3 is 0 Å². The van der Waals surface area contributed by atoms with Gasteiger partial charge < -0.3 is 19.3 Å². The fraction of sp³-hybridized carbons (Fsp3) is 0.346. The van der Waals surface area contributed by atoms with Gasteiger partial charge in [0.15, 0.2) is 12.4 Å². The van der Waals surface area contributed by atoms with Gasteiger partial charge in [-0.3, -0.25) is 4.79 Å². The molecule has 0 unspecified atom stereocenters. The SMILES string of the molecule is COc1cccc(-c2ccc(N3CCN(C(=O)COc4ccccc4C(C)C)CC3)nn2)c1. The first kappa shape index (κ1) is 22.6. The van der Waals surface area contributed by atoms with Crippen molar-refractivity contribution in [3.8, 4) is 22.8 Å². The second kappa shape index (κ2) is 10.3. The number of nitrogens with zero attached hydrogens (tertiary/aromatic N) is 4. The molecule has 3 aromatic rings. The first-order valence-electron chi connectivity index (χ1n) is 11.3. The molecule has 7 heteroatoms. The van der Waals surface area contributed by atoms with Crippen LogP contribution < -0.4 is 14.4 Å². The maximum absolute atomic E-state index is 12.7. The Morgan fingerprint density at radius 3 is 2.45 bits per heavy atom. The van der Waals surface area contributed by atoms with Crippen molar-refractivity contribution in [1.82, 2.24) is 15.1 Å². The quantitative estimate of drug-likeness (QED) is 0.546. The number of rotatable bonds is 7. The largest absolute Gasteiger partial charge is 0.497 e. The summed E-state index contributed by atoms with van der Waals surface area (Å²) < 4.78 is 11.1. The lowest BCUT2D eigenvalue weighted by Gasteiger charge is -2.35. The molecule has 7 nitrogen and oxygen atoms in total. The highest BCUT2D eigenvalue weighted by Crippen LogP contribution is 2.26. The number of hydrogen-bond donors (Lipinski definition) is 0. The van der Waals surface area contributed by atoms with E-state index in [1.165, 1.54) is 0 Å². The van der Waals surface area contributed by atoms with E-state index in [0.717, 1.165) is 34.1 Å². The number of anilines is 1. The van der Waals surface area contributed by atoms with Gasteiger partial charge in [-0.2, -0.15) is 0 Å². The molecule has 0 radical (unpaired) electrons. The minimum absolute atomic E-state index is 0.00710. The lowest BCUT2D eigenvalue weighted by atomic mass is 10.0. The summed E-state index contributed by atoms with van der Waals surface area (Å²) in [6.45, 7) is 6.98. The van der Waals surface area contributed by atoms with Gasteiger partial charge in [0.25, 0.3) is 5.91 Å². The first-order valence-corrected chi connectivity index (χ1v) is 11.3. The molecule has 4 rings (SSSR count). The van der Waals surface area contributed by atoms with E-state index in [0.29, 0.717) is 32.1 Å². The maximum Gasteiger partial charge on any atom is 0.260 e. The number of piperazine rings is 1. The molecule has 2 heterocycles. The fourth-order valence-electron chi connectivity index (χ4n) is 3.93. The van der Waals surface area contributed by atoms with Crippen LogP contribution in [-0.2, 0) is 4.79 Å². The summed E-state index contributed by atoms with van der Waals surface area (Å²) in [6, 6.07) is 19.6. The van der Waals surface area contributed by atoms with Crippen LogP contribution in [0.5, 0.6) is 11.5 Å². The molecule has 172 valence electrons. The van der Waals surface area contributed by atoms with Crippen molar-refractivity contribution in [1.29, 1.82) is 0 Å². The zero-order valence-corrected chi connectivity index (χ0v) is 19.4. The molecule has 1 aromatic heterocycles. The Kier molecular flexibility index (Phi) is 7.07. The van der Waals surface area contributed by atoms with Gasteiger partial charge in [0.2, 0.25) is 0 Å². The number of para-hydroxylation sites is 1. The van der Waals surface area contributed by atoms with Crippen molar-refractivity contribution in [2.75, 3.05) is 44.8 Å². The Bertz CT molecular complexity index is 1080. The monoisotopic (exact) mass is 446 g/mol. The van der Waals surface area contributed by atoms with Crippen molar-refractivity contribution in [2.24, 2.45) is 0 Å². The second-order valence-electron chi connectivity index (χ2n) is 8.36. The second-order valence-corrected chi connectivity index (χ2v) is 8.36. The minimum atomic E-state index is 0.00710. The zero-order valence-electron chi connectivity index (χ0n) is 19.4. The molecule has 0 saturated carbocycles. The van der Waals surface area contributed by atoms with Crippen LogP contribution in [0.25, 0.3) is 11.3 Å². The smallest absolute Gasteiger partial charge is 0.260 e. The maximum atomic E-state index is 12.7. The summed E-state index contributed by atoms with van der Waals surface area (Å²) >= 11 is 0. The number of hydrogen-bond acceptors (Lipinski definition) is 6. The third kappa shape index (κ3) is 5.42. The summed E-state index contributed by atoms with van der Waals surface area (Å²) in [6.07, 6.45) is 0. The fourth-order valence-corrected chi connectivity index (χ4v) is 3.93. The van der Waals surface area contributed by atoms with Crippen molar-refractivity contribution in [3.63, 3.8) is 0 Å². The zero-order chi connectivity index (χ0) is 23.2. The van der Waals surface area contributed by atoms with Crippen LogP contribution in [0.1, 0.15) is 25.3 Å². The van der Waals surface area contributed by atoms with Gasteiger partial charge in [0, 0.05) is 31.7 Å². The van der Waals surface area contributed by atoms with Gasteiger partial charge in [0.05, 0.1) is 12.8 Å². The van der Waals surface area contributed by atoms with Gasteiger partial charge in [-0.25, -0.2) is 0 Å². The molecule has 0 aliphatic carbocycles.